The normalized spacial score (nSPS) is 22.7. The van der Waals surface area contributed by atoms with Crippen LogP contribution in [-0.2, 0) is 4.79 Å². The Kier molecular flexibility index (Phi) is 4.04. The Morgan fingerprint density at radius 3 is 2.05 bits per heavy atom. The van der Waals surface area contributed by atoms with Gasteiger partial charge in [-0.15, -0.1) is 0 Å². The molecule has 1 aliphatic carbocycles. The maximum atomic E-state index is 10.8. The van der Waals surface area contributed by atoms with Gasteiger partial charge in [0.2, 0.25) is 0 Å². The minimum atomic E-state index is -0.964. The molecule has 0 atom stereocenters. The van der Waals surface area contributed by atoms with Crippen LogP contribution >= 0.6 is 0 Å². The van der Waals surface area contributed by atoms with Gasteiger partial charge < -0.3 is 14.9 Å². The fourth-order valence-electron chi connectivity index (χ4n) is 2.30. The maximum Gasteiger partial charge on any atom is 0.335 e. The molecule has 0 aromatic heterocycles. The molecule has 0 saturated heterocycles. The molecular weight excluding hydrogens is 248 g/mol. The summed E-state index contributed by atoms with van der Waals surface area (Å²) in [6.45, 7) is 0. The van der Waals surface area contributed by atoms with E-state index in [0.29, 0.717) is 18.6 Å². The lowest BCUT2D eigenvalue weighted by Crippen LogP contribution is -2.27. The van der Waals surface area contributed by atoms with E-state index in [1.807, 2.05) is 0 Å². The van der Waals surface area contributed by atoms with Crippen molar-refractivity contribution in [1.82, 2.24) is 0 Å². The molecule has 0 radical (unpaired) electrons. The molecule has 5 heteroatoms. The van der Waals surface area contributed by atoms with Crippen LogP contribution in [0.1, 0.15) is 36.0 Å². The fraction of sp³-hybridized carbons (Fsp3) is 0.429. The van der Waals surface area contributed by atoms with Gasteiger partial charge in [-0.3, -0.25) is 4.79 Å². The highest BCUT2D eigenvalue weighted by atomic mass is 16.5. The summed E-state index contributed by atoms with van der Waals surface area (Å²) in [6, 6.07) is 6.26. The largest absolute Gasteiger partial charge is 0.490 e. The van der Waals surface area contributed by atoms with Crippen molar-refractivity contribution in [3.8, 4) is 5.75 Å². The van der Waals surface area contributed by atoms with E-state index in [2.05, 4.69) is 0 Å². The van der Waals surface area contributed by atoms with Crippen molar-refractivity contribution in [3.05, 3.63) is 29.8 Å². The molecular formula is C14H16O5. The van der Waals surface area contributed by atoms with Crippen LogP contribution < -0.4 is 4.74 Å². The molecule has 1 fully saturated rings. The quantitative estimate of drug-likeness (QED) is 0.872. The van der Waals surface area contributed by atoms with Crippen molar-refractivity contribution in [1.29, 1.82) is 0 Å². The first kappa shape index (κ1) is 13.4. The Balaban J connectivity index is 1.88. The lowest BCUT2D eigenvalue weighted by atomic mass is 9.87. The molecule has 19 heavy (non-hydrogen) atoms. The summed E-state index contributed by atoms with van der Waals surface area (Å²) >= 11 is 0. The number of benzene rings is 1. The molecule has 2 N–H and O–H groups in total. The molecule has 1 aromatic rings. The van der Waals surface area contributed by atoms with Crippen LogP contribution in [0.5, 0.6) is 5.75 Å². The number of ether oxygens (including phenoxy) is 1. The van der Waals surface area contributed by atoms with Gasteiger partial charge in [0.1, 0.15) is 5.75 Å². The Bertz CT molecular complexity index is 457. The second-order valence-electron chi connectivity index (χ2n) is 4.76. The van der Waals surface area contributed by atoms with E-state index >= 15 is 0 Å². The third kappa shape index (κ3) is 3.47. The molecule has 0 aliphatic heterocycles. The van der Waals surface area contributed by atoms with Gasteiger partial charge >= 0.3 is 11.9 Å². The molecule has 0 bridgehead atoms. The summed E-state index contributed by atoms with van der Waals surface area (Å²) in [4.78, 5) is 21.5. The topological polar surface area (TPSA) is 83.8 Å². The summed E-state index contributed by atoms with van der Waals surface area (Å²) in [5, 5.41) is 17.7. The van der Waals surface area contributed by atoms with Crippen molar-refractivity contribution in [3.63, 3.8) is 0 Å². The van der Waals surface area contributed by atoms with Crippen LogP contribution in [-0.4, -0.2) is 28.3 Å². The molecule has 0 spiro atoms. The Labute approximate surface area is 110 Å². The van der Waals surface area contributed by atoms with Crippen LogP contribution in [0.4, 0.5) is 0 Å². The predicted molar refractivity (Wildman–Crippen MR) is 67.4 cm³/mol. The molecule has 0 amide bonds. The number of hydrogen-bond donors (Lipinski definition) is 2. The highest BCUT2D eigenvalue weighted by Crippen LogP contribution is 2.27. The molecule has 0 heterocycles. The average Bonchev–Trinajstić information content (AvgIpc) is 2.40. The van der Waals surface area contributed by atoms with Gasteiger partial charge in [0.05, 0.1) is 17.6 Å². The van der Waals surface area contributed by atoms with E-state index < -0.39 is 11.9 Å². The van der Waals surface area contributed by atoms with Gasteiger partial charge in [-0.05, 0) is 49.9 Å². The summed E-state index contributed by atoms with van der Waals surface area (Å²) < 4.78 is 5.73. The summed E-state index contributed by atoms with van der Waals surface area (Å²) in [7, 11) is 0. The summed E-state index contributed by atoms with van der Waals surface area (Å²) in [6.07, 6.45) is 2.72. The maximum absolute atomic E-state index is 10.8. The summed E-state index contributed by atoms with van der Waals surface area (Å²) in [5.41, 5.74) is 0.224. The lowest BCUT2D eigenvalue weighted by molar-refractivity contribution is -0.143. The number of aliphatic carboxylic acids is 1. The second kappa shape index (κ2) is 5.73. The zero-order chi connectivity index (χ0) is 13.8. The molecule has 1 aliphatic rings. The van der Waals surface area contributed by atoms with E-state index in [4.69, 9.17) is 14.9 Å². The SMILES string of the molecule is O=C(O)c1ccc(O[C@H]2CC[C@@H](C(=O)O)CC2)cc1. The number of carbonyl (C=O) groups is 2. The number of rotatable bonds is 4. The predicted octanol–water partition coefficient (Wildman–Crippen LogP) is 2.41. The van der Waals surface area contributed by atoms with Crippen LogP contribution in [0.2, 0.25) is 0 Å². The number of carboxylic acid groups (broad SMARTS) is 2. The Morgan fingerprint density at radius 2 is 1.58 bits per heavy atom. The second-order valence-corrected chi connectivity index (χ2v) is 4.76. The zero-order valence-corrected chi connectivity index (χ0v) is 10.4. The van der Waals surface area contributed by atoms with E-state index in [1.165, 1.54) is 12.1 Å². The molecule has 5 nitrogen and oxygen atoms in total. The molecule has 1 aromatic carbocycles. The highest BCUT2D eigenvalue weighted by Gasteiger charge is 2.26. The van der Waals surface area contributed by atoms with E-state index in [-0.39, 0.29) is 17.6 Å². The van der Waals surface area contributed by atoms with E-state index in [1.54, 1.807) is 12.1 Å². The van der Waals surface area contributed by atoms with Gasteiger partial charge in [-0.1, -0.05) is 0 Å². The standard InChI is InChI=1S/C14H16O5/c15-13(16)9-1-5-11(6-2-9)19-12-7-3-10(4-8-12)14(17)18/h1-2,5-6,10,12H,3-4,7-8H2,(H,15,16)(H,17,18)/t10-,12+. The molecule has 0 unspecified atom stereocenters. The number of hydrogen-bond acceptors (Lipinski definition) is 3. The van der Waals surface area contributed by atoms with Crippen molar-refractivity contribution in [2.45, 2.75) is 31.8 Å². The lowest BCUT2D eigenvalue weighted by Gasteiger charge is -2.26. The van der Waals surface area contributed by atoms with Crippen LogP contribution in [0.25, 0.3) is 0 Å². The van der Waals surface area contributed by atoms with Gasteiger partial charge in [0.25, 0.3) is 0 Å². The van der Waals surface area contributed by atoms with Gasteiger partial charge in [0, 0.05) is 0 Å². The molecule has 1 saturated carbocycles. The van der Waals surface area contributed by atoms with Gasteiger partial charge in [-0.2, -0.15) is 0 Å². The first-order valence-electron chi connectivity index (χ1n) is 6.29. The van der Waals surface area contributed by atoms with E-state index in [9.17, 15) is 9.59 Å². The average molecular weight is 264 g/mol. The van der Waals surface area contributed by atoms with Crippen molar-refractivity contribution < 1.29 is 24.5 Å². The molecule has 102 valence electrons. The van der Waals surface area contributed by atoms with Crippen molar-refractivity contribution in [2.75, 3.05) is 0 Å². The first-order valence-corrected chi connectivity index (χ1v) is 6.29. The monoisotopic (exact) mass is 264 g/mol. The Morgan fingerprint density at radius 1 is 1.00 bits per heavy atom. The van der Waals surface area contributed by atoms with Gasteiger partial charge in [0.15, 0.2) is 0 Å². The third-order valence-electron chi connectivity index (χ3n) is 3.43. The minimum Gasteiger partial charge on any atom is -0.490 e. The fourth-order valence-corrected chi connectivity index (χ4v) is 2.30. The first-order chi connectivity index (χ1) is 9.06. The van der Waals surface area contributed by atoms with Crippen molar-refractivity contribution >= 4 is 11.9 Å². The molecule has 2 rings (SSSR count). The number of carboxylic acids is 2. The highest BCUT2D eigenvalue weighted by molar-refractivity contribution is 5.87. The summed E-state index contributed by atoms with van der Waals surface area (Å²) in [5.74, 6) is -1.32. The zero-order valence-electron chi connectivity index (χ0n) is 10.4. The van der Waals surface area contributed by atoms with Gasteiger partial charge in [-0.25, -0.2) is 4.79 Å². The number of aromatic carboxylic acids is 1. The van der Waals surface area contributed by atoms with E-state index in [0.717, 1.165) is 12.8 Å². The smallest absolute Gasteiger partial charge is 0.335 e. The van der Waals surface area contributed by atoms with Crippen LogP contribution in [0.15, 0.2) is 24.3 Å². The minimum absolute atomic E-state index is 0.0197. The third-order valence-corrected chi connectivity index (χ3v) is 3.43. The van der Waals surface area contributed by atoms with Crippen molar-refractivity contribution in [2.24, 2.45) is 5.92 Å². The Hall–Kier alpha value is -2.04. The van der Waals surface area contributed by atoms with Crippen LogP contribution in [0, 0.1) is 5.92 Å². The van der Waals surface area contributed by atoms with Crippen LogP contribution in [0.3, 0.4) is 0 Å².